The van der Waals surface area contributed by atoms with Crippen molar-refractivity contribution < 1.29 is 24.0 Å². The molecule has 3 rings (SSSR count). The van der Waals surface area contributed by atoms with Crippen LogP contribution in [-0.4, -0.2) is 65.7 Å². The lowest BCUT2D eigenvalue weighted by atomic mass is 9.92. The minimum Gasteiger partial charge on any atom is -0.370 e. The van der Waals surface area contributed by atoms with E-state index in [2.05, 4.69) is 31.9 Å². The average molecular weight is 585 g/mol. The van der Waals surface area contributed by atoms with E-state index in [0.717, 1.165) is 0 Å². The second-order valence-corrected chi connectivity index (χ2v) is 11.6. The molecule has 1 spiro atoms. The van der Waals surface area contributed by atoms with Crippen molar-refractivity contribution in [3.8, 4) is 0 Å². The molecule has 0 unspecified atom stereocenters. The maximum absolute atomic E-state index is 13.8. The van der Waals surface area contributed by atoms with E-state index in [1.165, 1.54) is 0 Å². The average Bonchev–Trinajstić information content (AvgIpc) is 3.42. The largest absolute Gasteiger partial charge is 0.370 e. The number of benzene rings is 1. The van der Waals surface area contributed by atoms with Gasteiger partial charge in [0.05, 0.1) is 0 Å². The van der Waals surface area contributed by atoms with Gasteiger partial charge < -0.3 is 37.6 Å². The Morgan fingerprint density at radius 3 is 2.31 bits per heavy atom. The monoisotopic (exact) mass is 584 g/mol. The Hall–Kier alpha value is -4.16. The smallest absolute Gasteiger partial charge is 0.247 e. The Labute approximate surface area is 246 Å². The van der Waals surface area contributed by atoms with Gasteiger partial charge in [-0.2, -0.15) is 0 Å². The first kappa shape index (κ1) is 32.4. The van der Waals surface area contributed by atoms with E-state index in [1.807, 2.05) is 0 Å². The predicted molar refractivity (Wildman–Crippen MR) is 157 cm³/mol. The van der Waals surface area contributed by atoms with Crippen molar-refractivity contribution in [2.24, 2.45) is 11.7 Å². The van der Waals surface area contributed by atoms with Gasteiger partial charge in [-0.05, 0) is 44.6 Å². The lowest BCUT2D eigenvalue weighted by Crippen LogP contribution is -2.65. The van der Waals surface area contributed by atoms with Gasteiger partial charge in [0, 0.05) is 19.0 Å². The van der Waals surface area contributed by atoms with Crippen LogP contribution in [0.4, 0.5) is 0 Å². The summed E-state index contributed by atoms with van der Waals surface area (Å²) in [6.07, 6.45) is 2.77. The number of guanidine groups is 1. The summed E-state index contributed by atoms with van der Waals surface area (Å²) in [4.78, 5) is 67.4. The second kappa shape index (κ2) is 14.1. The van der Waals surface area contributed by atoms with Crippen LogP contribution in [0.3, 0.4) is 0 Å². The Bertz CT molecular complexity index is 1170. The molecule has 1 saturated heterocycles. The molecular formula is C29H44N8O5. The normalized spacial score (nSPS) is 25.0. The van der Waals surface area contributed by atoms with Gasteiger partial charge in [-0.1, -0.05) is 57.0 Å². The number of nitrogens with one attached hydrogen (secondary N) is 7. The molecule has 2 fully saturated rings. The summed E-state index contributed by atoms with van der Waals surface area (Å²) in [6.45, 7) is 5.28. The van der Waals surface area contributed by atoms with Crippen LogP contribution in [0.5, 0.6) is 0 Å². The maximum Gasteiger partial charge on any atom is 0.247 e. The molecule has 2 aliphatic rings. The number of carbonyl (C=O) groups is 5. The van der Waals surface area contributed by atoms with Crippen LogP contribution in [0.1, 0.15) is 77.3 Å². The van der Waals surface area contributed by atoms with Gasteiger partial charge in [0.25, 0.3) is 0 Å². The highest BCUT2D eigenvalue weighted by molar-refractivity contribution is 5.99. The molecule has 13 nitrogen and oxygen atoms in total. The summed E-state index contributed by atoms with van der Waals surface area (Å²) in [6, 6.07) is 6.74. The van der Waals surface area contributed by atoms with Gasteiger partial charge in [0.15, 0.2) is 5.96 Å². The first-order valence-corrected chi connectivity index (χ1v) is 14.5. The van der Waals surface area contributed by atoms with E-state index in [-0.39, 0.29) is 31.3 Å². The van der Waals surface area contributed by atoms with Crippen LogP contribution >= 0.6 is 0 Å². The van der Waals surface area contributed by atoms with E-state index in [9.17, 15) is 24.0 Å². The summed E-state index contributed by atoms with van der Waals surface area (Å²) in [7, 11) is 0. The van der Waals surface area contributed by atoms with Crippen molar-refractivity contribution in [1.82, 2.24) is 31.9 Å². The van der Waals surface area contributed by atoms with Gasteiger partial charge in [-0.25, -0.2) is 0 Å². The molecule has 5 amide bonds. The van der Waals surface area contributed by atoms with Crippen molar-refractivity contribution in [2.75, 3.05) is 13.1 Å². The van der Waals surface area contributed by atoms with Crippen molar-refractivity contribution in [3.05, 3.63) is 35.9 Å². The quantitative estimate of drug-likeness (QED) is 0.126. The van der Waals surface area contributed by atoms with Crippen molar-refractivity contribution in [3.63, 3.8) is 0 Å². The van der Waals surface area contributed by atoms with Crippen LogP contribution in [0.25, 0.3) is 0 Å². The minimum absolute atomic E-state index is 0.0187. The highest BCUT2D eigenvalue weighted by atomic mass is 16.2. The summed E-state index contributed by atoms with van der Waals surface area (Å²) >= 11 is 0. The zero-order valence-corrected chi connectivity index (χ0v) is 24.6. The second-order valence-electron chi connectivity index (χ2n) is 11.6. The molecule has 0 radical (unpaired) electrons. The molecule has 0 aromatic heterocycles. The summed E-state index contributed by atoms with van der Waals surface area (Å²) in [5, 5.41) is 24.3. The van der Waals surface area contributed by atoms with E-state index < -0.39 is 52.7 Å². The zero-order chi connectivity index (χ0) is 30.9. The van der Waals surface area contributed by atoms with Crippen molar-refractivity contribution in [2.45, 2.75) is 88.9 Å². The van der Waals surface area contributed by atoms with E-state index >= 15 is 0 Å². The third kappa shape index (κ3) is 8.20. The lowest BCUT2D eigenvalue weighted by Gasteiger charge is -2.36. The Balaban J connectivity index is 1.99. The summed E-state index contributed by atoms with van der Waals surface area (Å²) in [5.41, 5.74) is 3.23. The van der Waals surface area contributed by atoms with Crippen molar-refractivity contribution >= 4 is 35.5 Å². The molecule has 1 saturated carbocycles. The minimum atomic E-state index is -1.45. The van der Waals surface area contributed by atoms with Gasteiger partial charge in [0.2, 0.25) is 29.5 Å². The van der Waals surface area contributed by atoms with Crippen LogP contribution < -0.4 is 37.6 Å². The molecule has 3 atom stereocenters. The first-order chi connectivity index (χ1) is 19.9. The topological polar surface area (TPSA) is 207 Å². The van der Waals surface area contributed by atoms with Gasteiger partial charge >= 0.3 is 0 Å². The number of hydrogen-bond acceptors (Lipinski definition) is 6. The number of amides is 5. The van der Waals surface area contributed by atoms with E-state index in [4.69, 9.17) is 11.1 Å². The molecule has 1 heterocycles. The third-order valence-corrected chi connectivity index (χ3v) is 7.88. The SMILES string of the molecule is CC(C)C(=O)N[C@]1(C)CCNC(=O)[C@@H](c2ccccc2)NC(=O)C2(CCCC2)NC(=O)[C@H](CCCNC(=N)N)NC1=O. The highest BCUT2D eigenvalue weighted by Crippen LogP contribution is 2.31. The molecule has 1 aromatic carbocycles. The van der Waals surface area contributed by atoms with Crippen LogP contribution in [-0.2, 0) is 24.0 Å². The van der Waals surface area contributed by atoms with Crippen LogP contribution in [0, 0.1) is 11.3 Å². The summed E-state index contributed by atoms with van der Waals surface area (Å²) < 4.78 is 0. The van der Waals surface area contributed by atoms with Gasteiger partial charge in [-0.15, -0.1) is 0 Å². The zero-order valence-electron chi connectivity index (χ0n) is 24.6. The molecule has 230 valence electrons. The first-order valence-electron chi connectivity index (χ1n) is 14.5. The third-order valence-electron chi connectivity index (χ3n) is 7.88. The fourth-order valence-electron chi connectivity index (χ4n) is 5.23. The molecule has 42 heavy (non-hydrogen) atoms. The fourth-order valence-corrected chi connectivity index (χ4v) is 5.23. The fraction of sp³-hybridized carbons (Fsp3) is 0.586. The van der Waals surface area contributed by atoms with Gasteiger partial charge in [0.1, 0.15) is 23.2 Å². The Kier molecular flexibility index (Phi) is 10.9. The Morgan fingerprint density at radius 2 is 1.69 bits per heavy atom. The van der Waals surface area contributed by atoms with Crippen molar-refractivity contribution in [1.29, 1.82) is 5.41 Å². The van der Waals surface area contributed by atoms with Crippen LogP contribution in [0.2, 0.25) is 0 Å². The molecule has 1 aliphatic carbocycles. The molecule has 9 N–H and O–H groups in total. The highest BCUT2D eigenvalue weighted by Gasteiger charge is 2.46. The standard InChI is InChI=1S/C29H44N8O5/c1-18(2)22(38)36-28(3)15-17-32-24(40)21(19-10-5-4-6-11-19)35-26(42)29(13-7-8-14-29)37-23(39)20(34-25(28)41)12-9-16-33-27(30)31/h4-6,10-11,18,20-21H,7-9,12-17H2,1-3H3,(H,32,40)(H,34,41)(H,35,42)(H,36,38)(H,37,39)(H4,30,31,33)/t20-,21+,28+/m0/s1. The molecular weight excluding hydrogens is 540 g/mol. The molecule has 0 bridgehead atoms. The molecule has 1 aliphatic heterocycles. The maximum atomic E-state index is 13.8. The number of rotatable bonds is 7. The lowest BCUT2D eigenvalue weighted by molar-refractivity contribution is -0.139. The van der Waals surface area contributed by atoms with E-state index in [1.54, 1.807) is 51.1 Å². The Morgan fingerprint density at radius 1 is 1.02 bits per heavy atom. The molecule has 1 aromatic rings. The van der Waals surface area contributed by atoms with Gasteiger partial charge in [-0.3, -0.25) is 29.4 Å². The molecule has 13 heteroatoms. The number of hydrogen-bond donors (Lipinski definition) is 8. The number of carbonyl (C=O) groups excluding carboxylic acids is 5. The van der Waals surface area contributed by atoms with E-state index in [0.29, 0.717) is 44.2 Å². The number of nitrogens with two attached hydrogens (primary N) is 1. The predicted octanol–water partition coefficient (Wildman–Crippen LogP) is 0.0718. The van der Waals surface area contributed by atoms with Crippen LogP contribution in [0.15, 0.2) is 30.3 Å². The summed E-state index contributed by atoms with van der Waals surface area (Å²) in [5.74, 6) is -3.05.